The van der Waals surface area contributed by atoms with Gasteiger partial charge in [0, 0.05) is 11.8 Å². The molecule has 0 atom stereocenters. The molecule has 0 aliphatic heterocycles. The molecular weight excluding hydrogens is 250 g/mol. The van der Waals surface area contributed by atoms with Gasteiger partial charge in [-0.05, 0) is 76.3 Å². The number of aryl methyl sites for hydroxylation is 1. The summed E-state index contributed by atoms with van der Waals surface area (Å²) in [6.45, 7) is 1.01. The molecule has 0 amide bonds. The summed E-state index contributed by atoms with van der Waals surface area (Å²) in [4.78, 5) is 4.77. The maximum absolute atomic E-state index is 5.51. The van der Waals surface area contributed by atoms with E-state index in [1.54, 1.807) is 0 Å². The van der Waals surface area contributed by atoms with E-state index in [4.69, 9.17) is 9.51 Å². The molecule has 4 nitrogen and oxygen atoms in total. The summed E-state index contributed by atoms with van der Waals surface area (Å²) in [6.07, 6.45) is 10.3. The van der Waals surface area contributed by atoms with Crippen molar-refractivity contribution < 1.29 is 4.52 Å². The van der Waals surface area contributed by atoms with Crippen molar-refractivity contribution >= 4 is 0 Å². The molecule has 0 radical (unpaired) electrons. The van der Waals surface area contributed by atoms with Crippen LogP contribution in [-0.4, -0.2) is 23.7 Å². The van der Waals surface area contributed by atoms with Crippen LogP contribution in [0.15, 0.2) is 4.52 Å². The van der Waals surface area contributed by atoms with Gasteiger partial charge in [-0.3, -0.25) is 0 Å². The second-order valence-electron chi connectivity index (χ2n) is 7.42. The third-order valence-electron chi connectivity index (χ3n) is 5.80. The lowest BCUT2D eigenvalue weighted by molar-refractivity contribution is -0.0103. The molecule has 1 aromatic rings. The Morgan fingerprint density at radius 3 is 2.40 bits per heavy atom. The quantitative estimate of drug-likeness (QED) is 0.839. The van der Waals surface area contributed by atoms with E-state index >= 15 is 0 Å². The van der Waals surface area contributed by atoms with E-state index in [2.05, 4.69) is 10.5 Å². The molecule has 0 unspecified atom stereocenters. The van der Waals surface area contributed by atoms with Gasteiger partial charge in [0.1, 0.15) is 0 Å². The fourth-order valence-corrected chi connectivity index (χ4v) is 5.37. The molecule has 4 aliphatic carbocycles. The average Bonchev–Trinajstić information content (AvgIpc) is 2.87. The van der Waals surface area contributed by atoms with Gasteiger partial charge in [-0.2, -0.15) is 4.98 Å². The smallest absolute Gasteiger partial charge is 0.226 e. The molecule has 1 heterocycles. The first-order chi connectivity index (χ1) is 9.77. The Morgan fingerprint density at radius 1 is 1.15 bits per heavy atom. The Labute approximate surface area is 120 Å². The largest absolute Gasteiger partial charge is 0.339 e. The summed E-state index contributed by atoms with van der Waals surface area (Å²) in [5.74, 6) is 4.69. The standard InChI is InChI=1S/C16H25N3O/c1-17-4-2-3-14-18-15(19-20-14)16-8-11-5-12(9-16)7-13(6-11)10-16/h11-13,17H,2-10H2,1H3. The lowest BCUT2D eigenvalue weighted by Crippen LogP contribution is -2.49. The van der Waals surface area contributed by atoms with Crippen molar-refractivity contribution in [3.05, 3.63) is 11.7 Å². The van der Waals surface area contributed by atoms with E-state index in [1.807, 2.05) is 7.05 Å². The Balaban J connectivity index is 1.52. The molecule has 110 valence electrons. The molecule has 0 spiro atoms. The lowest BCUT2D eigenvalue weighted by atomic mass is 9.49. The van der Waals surface area contributed by atoms with Gasteiger partial charge in [-0.25, -0.2) is 0 Å². The summed E-state index contributed by atoms with van der Waals surface area (Å²) in [5, 5.41) is 7.54. The highest BCUT2D eigenvalue weighted by molar-refractivity contribution is 5.16. The zero-order valence-corrected chi connectivity index (χ0v) is 12.4. The summed E-state index contributed by atoms with van der Waals surface area (Å²) in [6, 6.07) is 0. The van der Waals surface area contributed by atoms with Gasteiger partial charge >= 0.3 is 0 Å². The topological polar surface area (TPSA) is 51.0 Å². The first-order valence-electron chi connectivity index (χ1n) is 8.25. The maximum atomic E-state index is 5.51. The predicted octanol–water partition coefficient (Wildman–Crippen LogP) is 2.69. The highest BCUT2D eigenvalue weighted by Crippen LogP contribution is 2.60. The summed E-state index contributed by atoms with van der Waals surface area (Å²) < 4.78 is 5.51. The molecule has 0 saturated heterocycles. The highest BCUT2D eigenvalue weighted by atomic mass is 16.5. The summed E-state index contributed by atoms with van der Waals surface area (Å²) in [7, 11) is 1.98. The van der Waals surface area contributed by atoms with Gasteiger partial charge in [0.2, 0.25) is 5.89 Å². The van der Waals surface area contributed by atoms with E-state index < -0.39 is 0 Å². The van der Waals surface area contributed by atoms with Crippen LogP contribution in [0.1, 0.15) is 56.7 Å². The number of hydrogen-bond donors (Lipinski definition) is 1. The third kappa shape index (κ3) is 2.09. The summed E-state index contributed by atoms with van der Waals surface area (Å²) >= 11 is 0. The van der Waals surface area contributed by atoms with Crippen molar-refractivity contribution in [1.29, 1.82) is 0 Å². The van der Waals surface area contributed by atoms with Gasteiger partial charge in [-0.1, -0.05) is 5.16 Å². The number of rotatable bonds is 5. The van der Waals surface area contributed by atoms with E-state index in [0.29, 0.717) is 0 Å². The van der Waals surface area contributed by atoms with Gasteiger partial charge in [0.05, 0.1) is 0 Å². The number of hydrogen-bond acceptors (Lipinski definition) is 4. The lowest BCUT2D eigenvalue weighted by Gasteiger charge is -2.55. The minimum Gasteiger partial charge on any atom is -0.339 e. The number of nitrogens with one attached hydrogen (secondary N) is 1. The molecular formula is C16H25N3O. The van der Waals surface area contributed by atoms with Crippen LogP contribution >= 0.6 is 0 Å². The molecule has 5 rings (SSSR count). The molecule has 4 fully saturated rings. The van der Waals surface area contributed by atoms with Crippen LogP contribution in [0.2, 0.25) is 0 Å². The van der Waals surface area contributed by atoms with Crippen LogP contribution in [0.5, 0.6) is 0 Å². The van der Waals surface area contributed by atoms with Crippen LogP contribution in [0, 0.1) is 17.8 Å². The van der Waals surface area contributed by atoms with Crippen LogP contribution in [0.25, 0.3) is 0 Å². The van der Waals surface area contributed by atoms with Crippen LogP contribution in [-0.2, 0) is 11.8 Å². The Morgan fingerprint density at radius 2 is 1.80 bits per heavy atom. The second-order valence-corrected chi connectivity index (χ2v) is 7.42. The first kappa shape index (κ1) is 12.8. The number of nitrogens with zero attached hydrogens (tertiary/aromatic N) is 2. The van der Waals surface area contributed by atoms with Crippen molar-refractivity contribution in [1.82, 2.24) is 15.5 Å². The van der Waals surface area contributed by atoms with Crippen molar-refractivity contribution in [2.45, 2.75) is 56.8 Å². The normalized spacial score (nSPS) is 38.5. The monoisotopic (exact) mass is 275 g/mol. The Hall–Kier alpha value is -0.900. The van der Waals surface area contributed by atoms with Crippen LogP contribution < -0.4 is 5.32 Å². The molecule has 4 bridgehead atoms. The molecule has 1 N–H and O–H groups in total. The molecule has 4 saturated carbocycles. The first-order valence-corrected chi connectivity index (χ1v) is 8.25. The van der Waals surface area contributed by atoms with Crippen molar-refractivity contribution in [2.75, 3.05) is 13.6 Å². The molecule has 20 heavy (non-hydrogen) atoms. The minimum absolute atomic E-state index is 0.277. The Kier molecular flexibility index (Phi) is 3.09. The zero-order valence-electron chi connectivity index (χ0n) is 12.4. The fraction of sp³-hybridized carbons (Fsp3) is 0.875. The van der Waals surface area contributed by atoms with Crippen molar-refractivity contribution in [3.63, 3.8) is 0 Å². The molecule has 4 heteroatoms. The van der Waals surface area contributed by atoms with Gasteiger partial charge in [-0.15, -0.1) is 0 Å². The third-order valence-corrected chi connectivity index (χ3v) is 5.80. The van der Waals surface area contributed by atoms with Crippen LogP contribution in [0.3, 0.4) is 0 Å². The molecule has 0 aromatic carbocycles. The van der Waals surface area contributed by atoms with E-state index in [0.717, 1.165) is 48.9 Å². The predicted molar refractivity (Wildman–Crippen MR) is 76.4 cm³/mol. The molecule has 1 aromatic heterocycles. The second kappa shape index (κ2) is 4.83. The van der Waals surface area contributed by atoms with Gasteiger partial charge in [0.15, 0.2) is 5.82 Å². The van der Waals surface area contributed by atoms with Gasteiger partial charge in [0.25, 0.3) is 0 Å². The van der Waals surface area contributed by atoms with Crippen molar-refractivity contribution in [3.8, 4) is 0 Å². The Bertz CT molecular complexity index is 447. The number of aromatic nitrogens is 2. The van der Waals surface area contributed by atoms with E-state index in [-0.39, 0.29) is 5.41 Å². The average molecular weight is 275 g/mol. The highest BCUT2D eigenvalue weighted by Gasteiger charge is 2.53. The zero-order chi connectivity index (χ0) is 13.6. The maximum Gasteiger partial charge on any atom is 0.226 e. The van der Waals surface area contributed by atoms with E-state index in [1.165, 1.54) is 38.5 Å². The molecule has 4 aliphatic rings. The fourth-order valence-electron chi connectivity index (χ4n) is 5.37. The minimum atomic E-state index is 0.277. The van der Waals surface area contributed by atoms with Crippen molar-refractivity contribution in [2.24, 2.45) is 17.8 Å². The van der Waals surface area contributed by atoms with Crippen LogP contribution in [0.4, 0.5) is 0 Å². The van der Waals surface area contributed by atoms with Gasteiger partial charge < -0.3 is 9.84 Å². The SMILES string of the molecule is CNCCCc1nc(C23CC4CC(CC(C4)C2)C3)no1. The summed E-state index contributed by atoms with van der Waals surface area (Å²) in [5.41, 5.74) is 0.277. The van der Waals surface area contributed by atoms with E-state index in [9.17, 15) is 0 Å².